The molecule has 2 heterocycles. The number of methoxy groups -OCH3 is 2. The Morgan fingerprint density at radius 1 is 0.879 bits per heavy atom. The van der Waals surface area contributed by atoms with Crippen LogP contribution in [-0.2, 0) is 0 Å². The fourth-order valence-electron chi connectivity index (χ4n) is 3.78. The van der Waals surface area contributed by atoms with Gasteiger partial charge in [0.2, 0.25) is 5.82 Å². The molecule has 0 bridgehead atoms. The second-order valence-electron chi connectivity index (χ2n) is 7.59. The number of nitrogens with zero attached hydrogens (tertiary/aromatic N) is 3. The summed E-state index contributed by atoms with van der Waals surface area (Å²) in [5.41, 5.74) is 3.16. The molecule has 0 aliphatic rings. The molecule has 0 unspecified atom stereocenters. The lowest BCUT2D eigenvalue weighted by atomic mass is 10.1. The lowest BCUT2D eigenvalue weighted by molar-refractivity contribution is 0.355. The fraction of sp³-hybridized carbons (Fsp3) is 0.115. The first-order chi connectivity index (χ1) is 16.1. The van der Waals surface area contributed by atoms with Crippen molar-refractivity contribution in [3.05, 3.63) is 88.8 Å². The highest BCUT2D eigenvalue weighted by Gasteiger charge is 2.18. The van der Waals surface area contributed by atoms with E-state index in [2.05, 4.69) is 10.1 Å². The maximum absolute atomic E-state index is 13.2. The summed E-state index contributed by atoms with van der Waals surface area (Å²) >= 11 is 0. The van der Waals surface area contributed by atoms with Crippen molar-refractivity contribution in [3.8, 4) is 40.0 Å². The summed E-state index contributed by atoms with van der Waals surface area (Å²) in [6, 6.07) is 20.6. The summed E-state index contributed by atoms with van der Waals surface area (Å²) in [6.45, 7) is 2.01. The van der Waals surface area contributed by atoms with Crippen LogP contribution in [0.4, 0.5) is 0 Å². The molecule has 0 fully saturated rings. The summed E-state index contributed by atoms with van der Waals surface area (Å²) in [6.07, 6.45) is 1.75. The highest BCUT2D eigenvalue weighted by molar-refractivity contribution is 5.94. The Balaban J connectivity index is 1.67. The van der Waals surface area contributed by atoms with Crippen LogP contribution in [0.2, 0.25) is 0 Å². The van der Waals surface area contributed by atoms with Crippen molar-refractivity contribution in [1.29, 1.82) is 0 Å². The van der Waals surface area contributed by atoms with Crippen molar-refractivity contribution in [2.45, 2.75) is 6.92 Å². The number of benzene rings is 3. The zero-order chi connectivity index (χ0) is 22.9. The van der Waals surface area contributed by atoms with Crippen LogP contribution in [0.5, 0.6) is 11.5 Å². The first-order valence-corrected chi connectivity index (χ1v) is 10.4. The van der Waals surface area contributed by atoms with E-state index in [4.69, 9.17) is 14.0 Å². The predicted molar refractivity (Wildman–Crippen MR) is 126 cm³/mol. The third-order valence-electron chi connectivity index (χ3n) is 5.53. The Hall–Kier alpha value is -4.39. The van der Waals surface area contributed by atoms with Gasteiger partial charge in [-0.15, -0.1) is 0 Å². The molecule has 0 aliphatic carbocycles. The van der Waals surface area contributed by atoms with Gasteiger partial charge in [0.05, 0.1) is 19.8 Å². The zero-order valence-electron chi connectivity index (χ0n) is 18.4. The van der Waals surface area contributed by atoms with Crippen molar-refractivity contribution in [2.24, 2.45) is 0 Å². The lowest BCUT2D eigenvalue weighted by Crippen LogP contribution is -2.18. The monoisotopic (exact) mass is 439 g/mol. The SMILES string of the molecule is COc1ccc(-c2noc(-c3cn(-c4ccc(C)cc4)c(=O)c4ccccc34)n2)cc1OC. The van der Waals surface area contributed by atoms with Gasteiger partial charge in [0.1, 0.15) is 0 Å². The Morgan fingerprint density at radius 3 is 2.33 bits per heavy atom. The topological polar surface area (TPSA) is 79.4 Å². The Morgan fingerprint density at radius 2 is 1.61 bits per heavy atom. The van der Waals surface area contributed by atoms with Gasteiger partial charge in [-0.1, -0.05) is 41.1 Å². The maximum Gasteiger partial charge on any atom is 0.262 e. The number of rotatable bonds is 5. The molecule has 0 N–H and O–H groups in total. The molecule has 0 atom stereocenters. The van der Waals surface area contributed by atoms with Gasteiger partial charge in [-0.05, 0) is 43.3 Å². The van der Waals surface area contributed by atoms with E-state index >= 15 is 0 Å². The normalized spacial score (nSPS) is 11.0. The van der Waals surface area contributed by atoms with Crippen LogP contribution >= 0.6 is 0 Å². The molecule has 2 aromatic heterocycles. The molecule has 164 valence electrons. The third-order valence-corrected chi connectivity index (χ3v) is 5.53. The molecular formula is C26H21N3O4. The van der Waals surface area contributed by atoms with Crippen LogP contribution in [-0.4, -0.2) is 28.9 Å². The van der Waals surface area contributed by atoms with Gasteiger partial charge < -0.3 is 14.0 Å². The molecule has 3 aromatic carbocycles. The second kappa shape index (κ2) is 8.27. The van der Waals surface area contributed by atoms with Gasteiger partial charge in [0, 0.05) is 28.2 Å². The number of hydrogen-bond donors (Lipinski definition) is 0. The van der Waals surface area contributed by atoms with E-state index in [-0.39, 0.29) is 5.56 Å². The van der Waals surface area contributed by atoms with E-state index < -0.39 is 0 Å². The van der Waals surface area contributed by atoms with Crippen LogP contribution in [0.25, 0.3) is 39.3 Å². The van der Waals surface area contributed by atoms with E-state index in [1.807, 2.05) is 55.5 Å². The summed E-state index contributed by atoms with van der Waals surface area (Å²) in [5, 5.41) is 5.48. The summed E-state index contributed by atoms with van der Waals surface area (Å²) in [4.78, 5) is 17.8. The van der Waals surface area contributed by atoms with Crippen molar-refractivity contribution < 1.29 is 14.0 Å². The van der Waals surface area contributed by atoms with Crippen LogP contribution in [0.15, 0.2) is 82.2 Å². The summed E-state index contributed by atoms with van der Waals surface area (Å²) < 4.78 is 17.9. The van der Waals surface area contributed by atoms with Crippen LogP contribution in [0.3, 0.4) is 0 Å². The zero-order valence-corrected chi connectivity index (χ0v) is 18.4. The first-order valence-electron chi connectivity index (χ1n) is 10.4. The van der Waals surface area contributed by atoms with Crippen LogP contribution in [0, 0.1) is 6.92 Å². The minimum Gasteiger partial charge on any atom is -0.493 e. The van der Waals surface area contributed by atoms with Gasteiger partial charge in [-0.25, -0.2) is 0 Å². The standard InChI is InChI=1S/C26H21N3O4/c1-16-8-11-18(12-9-16)29-15-21(19-6-4-5-7-20(19)26(29)30)25-27-24(28-33-25)17-10-13-22(31-2)23(14-17)32-3/h4-15H,1-3H3. The number of aryl methyl sites for hydroxylation is 1. The number of hydrogen-bond acceptors (Lipinski definition) is 6. The average Bonchev–Trinajstić information content (AvgIpc) is 3.35. The van der Waals surface area contributed by atoms with E-state index in [1.165, 1.54) is 0 Å². The quantitative estimate of drug-likeness (QED) is 0.382. The van der Waals surface area contributed by atoms with Crippen molar-refractivity contribution >= 4 is 10.8 Å². The van der Waals surface area contributed by atoms with Crippen LogP contribution in [0.1, 0.15) is 5.56 Å². The summed E-state index contributed by atoms with van der Waals surface area (Å²) in [7, 11) is 3.15. The van der Waals surface area contributed by atoms with Gasteiger partial charge in [0.15, 0.2) is 11.5 Å². The van der Waals surface area contributed by atoms with E-state index in [9.17, 15) is 4.79 Å². The van der Waals surface area contributed by atoms with Crippen molar-refractivity contribution in [3.63, 3.8) is 0 Å². The van der Waals surface area contributed by atoms with Gasteiger partial charge in [-0.2, -0.15) is 4.98 Å². The van der Waals surface area contributed by atoms with E-state index in [0.29, 0.717) is 34.2 Å². The minimum absolute atomic E-state index is 0.113. The predicted octanol–water partition coefficient (Wildman–Crippen LogP) is 5.03. The number of fused-ring (bicyclic) bond motifs is 1. The third kappa shape index (κ3) is 3.63. The molecule has 0 saturated carbocycles. The molecule has 5 aromatic rings. The Kier molecular flexibility index (Phi) is 5.14. The maximum atomic E-state index is 13.2. The largest absolute Gasteiger partial charge is 0.493 e. The Labute approximate surface area is 189 Å². The number of aromatic nitrogens is 3. The first kappa shape index (κ1) is 20.5. The van der Waals surface area contributed by atoms with E-state index in [1.54, 1.807) is 43.2 Å². The molecule has 7 nitrogen and oxygen atoms in total. The molecule has 33 heavy (non-hydrogen) atoms. The lowest BCUT2D eigenvalue weighted by Gasteiger charge is -2.10. The van der Waals surface area contributed by atoms with Gasteiger partial charge in [-0.3, -0.25) is 9.36 Å². The molecule has 0 amide bonds. The molecule has 0 saturated heterocycles. The average molecular weight is 439 g/mol. The Bertz CT molecular complexity index is 1520. The van der Waals surface area contributed by atoms with Crippen molar-refractivity contribution in [2.75, 3.05) is 14.2 Å². The summed E-state index contributed by atoms with van der Waals surface area (Å²) in [5.74, 6) is 1.90. The number of ether oxygens (including phenoxy) is 2. The fourth-order valence-corrected chi connectivity index (χ4v) is 3.78. The highest BCUT2D eigenvalue weighted by atomic mass is 16.5. The second-order valence-corrected chi connectivity index (χ2v) is 7.59. The molecule has 7 heteroatoms. The smallest absolute Gasteiger partial charge is 0.262 e. The van der Waals surface area contributed by atoms with Gasteiger partial charge >= 0.3 is 0 Å². The van der Waals surface area contributed by atoms with Gasteiger partial charge in [0.25, 0.3) is 11.4 Å². The molecular weight excluding hydrogens is 418 g/mol. The minimum atomic E-state index is -0.113. The molecule has 0 radical (unpaired) electrons. The van der Waals surface area contributed by atoms with Crippen molar-refractivity contribution in [1.82, 2.24) is 14.7 Å². The highest BCUT2D eigenvalue weighted by Crippen LogP contribution is 2.33. The molecule has 0 spiro atoms. The molecule has 0 aliphatic heterocycles. The van der Waals surface area contributed by atoms with E-state index in [0.717, 1.165) is 22.2 Å². The molecule has 5 rings (SSSR count). The van der Waals surface area contributed by atoms with Crippen LogP contribution < -0.4 is 15.0 Å². The number of pyridine rings is 1.